The second-order valence-corrected chi connectivity index (χ2v) is 9.99. The molecule has 9 heteroatoms. The molecule has 4 aromatic rings. The number of benzene rings is 2. The molecule has 0 radical (unpaired) electrons. The lowest BCUT2D eigenvalue weighted by Crippen LogP contribution is -2.22. The van der Waals surface area contributed by atoms with Gasteiger partial charge in [0.1, 0.15) is 5.82 Å². The molecule has 0 saturated carbocycles. The quantitative estimate of drug-likeness (QED) is 0.477. The van der Waals surface area contributed by atoms with Crippen LogP contribution in [0.25, 0.3) is 21.9 Å². The van der Waals surface area contributed by atoms with Gasteiger partial charge in [0.15, 0.2) is 14.9 Å². The third-order valence-electron chi connectivity index (χ3n) is 5.55. The van der Waals surface area contributed by atoms with Gasteiger partial charge in [-0.05, 0) is 43.2 Å². The summed E-state index contributed by atoms with van der Waals surface area (Å²) in [6, 6.07) is 13.4. The van der Waals surface area contributed by atoms with E-state index in [1.54, 1.807) is 10.7 Å². The van der Waals surface area contributed by atoms with Crippen molar-refractivity contribution in [1.29, 1.82) is 0 Å². The topological polar surface area (TPSA) is 79.0 Å². The fourth-order valence-electron chi connectivity index (χ4n) is 4.21. The largest absolute Gasteiger partial charge is 0.381 e. The summed E-state index contributed by atoms with van der Waals surface area (Å²) in [5.41, 5.74) is 2.60. The maximum Gasteiger partial charge on any atom is 0.195 e. The van der Waals surface area contributed by atoms with Gasteiger partial charge in [0.2, 0.25) is 0 Å². The van der Waals surface area contributed by atoms with E-state index in [9.17, 15) is 8.42 Å². The number of para-hydroxylation sites is 1. The highest BCUT2D eigenvalue weighted by Crippen LogP contribution is 2.31. The molecule has 1 saturated heterocycles. The fraction of sp³-hybridized carbons (Fsp3) is 0.333. The average Bonchev–Trinajstić information content (AvgIpc) is 3.27. The second kappa shape index (κ2) is 7.37. The number of ether oxygens (including phenoxy) is 1. The summed E-state index contributed by atoms with van der Waals surface area (Å²) >= 11 is 6.20. The van der Waals surface area contributed by atoms with Crippen LogP contribution in [0.15, 0.2) is 47.5 Å². The van der Waals surface area contributed by atoms with Crippen LogP contribution in [0, 0.1) is 0 Å². The minimum Gasteiger partial charge on any atom is -0.381 e. The number of aromatic nitrogens is 4. The van der Waals surface area contributed by atoms with Crippen molar-refractivity contribution in [1.82, 2.24) is 19.3 Å². The van der Waals surface area contributed by atoms with Crippen LogP contribution in [0.2, 0.25) is 5.02 Å². The summed E-state index contributed by atoms with van der Waals surface area (Å²) in [5, 5.41) is 5.80. The molecule has 0 aliphatic carbocycles. The van der Waals surface area contributed by atoms with Gasteiger partial charge in [0.25, 0.3) is 0 Å². The first-order chi connectivity index (χ1) is 14.4. The predicted molar refractivity (Wildman–Crippen MR) is 116 cm³/mol. The van der Waals surface area contributed by atoms with Crippen molar-refractivity contribution in [2.45, 2.75) is 30.5 Å². The van der Waals surface area contributed by atoms with Crippen LogP contribution in [0.3, 0.4) is 0 Å². The highest BCUT2D eigenvalue weighted by molar-refractivity contribution is 7.90. The van der Waals surface area contributed by atoms with Crippen LogP contribution in [0.1, 0.15) is 24.7 Å². The van der Waals surface area contributed by atoms with Gasteiger partial charge >= 0.3 is 0 Å². The Bertz CT molecular complexity index is 1350. The average molecular weight is 445 g/mol. The van der Waals surface area contributed by atoms with Gasteiger partial charge < -0.3 is 9.30 Å². The molecule has 1 fully saturated rings. The van der Waals surface area contributed by atoms with E-state index in [4.69, 9.17) is 21.3 Å². The first kappa shape index (κ1) is 19.5. The number of imidazole rings is 1. The van der Waals surface area contributed by atoms with Crippen molar-refractivity contribution >= 4 is 43.4 Å². The molecule has 1 aliphatic rings. The van der Waals surface area contributed by atoms with Crippen molar-refractivity contribution in [3.63, 3.8) is 0 Å². The molecule has 156 valence electrons. The summed E-state index contributed by atoms with van der Waals surface area (Å²) in [4.78, 5) is 4.85. The predicted octanol–water partition coefficient (Wildman–Crippen LogP) is 3.84. The van der Waals surface area contributed by atoms with E-state index < -0.39 is 9.84 Å². The van der Waals surface area contributed by atoms with Gasteiger partial charge in [-0.2, -0.15) is 5.10 Å². The Hall–Kier alpha value is -2.42. The van der Waals surface area contributed by atoms with Crippen LogP contribution in [-0.4, -0.2) is 47.2 Å². The van der Waals surface area contributed by atoms with Crippen molar-refractivity contribution < 1.29 is 13.2 Å². The zero-order valence-electron chi connectivity index (χ0n) is 16.5. The van der Waals surface area contributed by atoms with Crippen LogP contribution < -0.4 is 0 Å². The van der Waals surface area contributed by atoms with E-state index in [0.717, 1.165) is 35.2 Å². The molecule has 0 bridgehead atoms. The number of hydrogen-bond donors (Lipinski definition) is 0. The van der Waals surface area contributed by atoms with E-state index in [1.807, 2.05) is 36.4 Å². The SMILES string of the molecule is CS(=O)(=O)c1nn(Cc2nc3cc(Cl)ccc3n2C2CCOCC2)c2ccccc12. The molecule has 2 aromatic heterocycles. The molecule has 0 amide bonds. The lowest BCUT2D eigenvalue weighted by molar-refractivity contribution is 0.0698. The first-order valence-corrected chi connectivity index (χ1v) is 12.1. The molecule has 0 N–H and O–H groups in total. The lowest BCUT2D eigenvalue weighted by Gasteiger charge is -2.26. The number of fused-ring (bicyclic) bond motifs is 2. The molecular formula is C21H21ClN4O3S. The summed E-state index contributed by atoms with van der Waals surface area (Å²) < 4.78 is 34.1. The maximum absolute atomic E-state index is 12.3. The third kappa shape index (κ3) is 3.38. The highest BCUT2D eigenvalue weighted by Gasteiger charge is 2.24. The zero-order valence-corrected chi connectivity index (χ0v) is 18.0. The Morgan fingerprint density at radius 2 is 1.90 bits per heavy atom. The normalized spacial score (nSPS) is 15.9. The Balaban J connectivity index is 1.67. The van der Waals surface area contributed by atoms with Crippen LogP contribution in [0.5, 0.6) is 0 Å². The monoisotopic (exact) mass is 444 g/mol. The summed E-state index contributed by atoms with van der Waals surface area (Å²) in [5.74, 6) is 0.826. The molecule has 0 atom stereocenters. The Labute approximate surface area is 179 Å². The molecule has 1 aliphatic heterocycles. The van der Waals surface area contributed by atoms with E-state index in [2.05, 4.69) is 9.67 Å². The van der Waals surface area contributed by atoms with Crippen LogP contribution >= 0.6 is 11.6 Å². The van der Waals surface area contributed by atoms with Gasteiger partial charge in [-0.15, -0.1) is 0 Å². The molecule has 0 spiro atoms. The van der Waals surface area contributed by atoms with Crippen LogP contribution in [-0.2, 0) is 21.1 Å². The number of sulfone groups is 1. The standard InChI is InChI=1S/C21H21ClN4O3S/c1-30(27,28)21-16-4-2-3-5-18(16)25(24-21)13-20-23-17-12-14(22)6-7-19(17)26(20)15-8-10-29-11-9-15/h2-7,12,15H,8-11,13H2,1H3. The molecule has 30 heavy (non-hydrogen) atoms. The Morgan fingerprint density at radius 1 is 1.13 bits per heavy atom. The summed E-state index contributed by atoms with van der Waals surface area (Å²) in [6.07, 6.45) is 2.98. The summed E-state index contributed by atoms with van der Waals surface area (Å²) in [7, 11) is -3.45. The van der Waals surface area contributed by atoms with Crippen molar-refractivity contribution in [3.8, 4) is 0 Å². The van der Waals surface area contributed by atoms with Gasteiger partial charge in [-0.25, -0.2) is 13.4 Å². The molecule has 0 unspecified atom stereocenters. The second-order valence-electron chi connectivity index (χ2n) is 7.63. The van der Waals surface area contributed by atoms with Crippen molar-refractivity contribution in [2.24, 2.45) is 0 Å². The zero-order chi connectivity index (χ0) is 20.9. The third-order valence-corrected chi connectivity index (χ3v) is 6.79. The fourth-order valence-corrected chi connectivity index (χ4v) is 5.19. The molecular weight excluding hydrogens is 424 g/mol. The number of halogens is 1. The van der Waals surface area contributed by atoms with Gasteiger partial charge in [0.05, 0.1) is 23.1 Å². The van der Waals surface area contributed by atoms with E-state index >= 15 is 0 Å². The minimum atomic E-state index is -3.45. The van der Waals surface area contributed by atoms with E-state index in [-0.39, 0.29) is 11.1 Å². The number of nitrogens with zero attached hydrogens (tertiary/aromatic N) is 4. The van der Waals surface area contributed by atoms with Gasteiger partial charge in [-0.3, -0.25) is 4.68 Å². The molecule has 7 nitrogen and oxygen atoms in total. The Morgan fingerprint density at radius 3 is 2.67 bits per heavy atom. The van der Waals surface area contributed by atoms with Crippen molar-refractivity contribution in [3.05, 3.63) is 53.3 Å². The summed E-state index contributed by atoms with van der Waals surface area (Å²) in [6.45, 7) is 1.78. The number of hydrogen-bond acceptors (Lipinski definition) is 5. The van der Waals surface area contributed by atoms with Crippen LogP contribution in [0.4, 0.5) is 0 Å². The van der Waals surface area contributed by atoms with Crippen molar-refractivity contribution in [2.75, 3.05) is 19.5 Å². The first-order valence-electron chi connectivity index (χ1n) is 9.81. The minimum absolute atomic E-state index is 0.0925. The van der Waals surface area contributed by atoms with E-state index in [0.29, 0.717) is 30.2 Å². The lowest BCUT2D eigenvalue weighted by atomic mass is 10.1. The Kier molecular flexibility index (Phi) is 4.80. The highest BCUT2D eigenvalue weighted by atomic mass is 35.5. The molecule has 5 rings (SSSR count). The smallest absolute Gasteiger partial charge is 0.195 e. The van der Waals surface area contributed by atoms with Gasteiger partial charge in [0, 0.05) is 35.9 Å². The molecule has 3 heterocycles. The van der Waals surface area contributed by atoms with Gasteiger partial charge in [-0.1, -0.05) is 23.7 Å². The van der Waals surface area contributed by atoms with E-state index in [1.165, 1.54) is 6.26 Å². The number of rotatable bonds is 4. The molecule has 2 aromatic carbocycles. The maximum atomic E-state index is 12.3.